The number of hydrazone groups is 1. The van der Waals surface area contributed by atoms with Gasteiger partial charge in [-0.1, -0.05) is 30.3 Å². The van der Waals surface area contributed by atoms with Crippen LogP contribution in [0.5, 0.6) is 0 Å². The van der Waals surface area contributed by atoms with Crippen molar-refractivity contribution in [1.82, 2.24) is 10.4 Å². The van der Waals surface area contributed by atoms with Crippen LogP contribution in [-0.2, 0) is 11.2 Å². The minimum absolute atomic E-state index is 0.112. The van der Waals surface area contributed by atoms with Gasteiger partial charge in [0.2, 0.25) is 5.91 Å². The molecule has 1 amide bonds. The monoisotopic (exact) mass is 430 g/mol. The predicted molar refractivity (Wildman–Crippen MR) is 122 cm³/mol. The lowest BCUT2D eigenvalue weighted by atomic mass is 10.1. The van der Waals surface area contributed by atoms with Crippen molar-refractivity contribution in [3.05, 3.63) is 65.9 Å². The van der Waals surface area contributed by atoms with Crippen molar-refractivity contribution in [2.75, 3.05) is 29.7 Å². The Kier molecular flexibility index (Phi) is 7.96. The number of anilines is 1. The molecule has 0 aliphatic rings. The van der Waals surface area contributed by atoms with E-state index in [0.717, 1.165) is 40.8 Å². The lowest BCUT2D eigenvalue weighted by molar-refractivity contribution is -0.121. The van der Waals surface area contributed by atoms with Gasteiger partial charge in [0, 0.05) is 54.1 Å². The van der Waals surface area contributed by atoms with Crippen molar-refractivity contribution < 1.29 is 4.79 Å². The fourth-order valence-electron chi connectivity index (χ4n) is 3.17. The molecule has 1 aromatic heterocycles. The van der Waals surface area contributed by atoms with E-state index in [4.69, 9.17) is 23.2 Å². The lowest BCUT2D eigenvalue weighted by Gasteiger charge is -2.22. The van der Waals surface area contributed by atoms with Crippen LogP contribution >= 0.6 is 23.2 Å². The highest BCUT2D eigenvalue weighted by molar-refractivity contribution is 6.18. The van der Waals surface area contributed by atoms with Gasteiger partial charge in [0.05, 0.1) is 6.21 Å². The van der Waals surface area contributed by atoms with Gasteiger partial charge in [-0.15, -0.1) is 23.2 Å². The SMILES string of the molecule is O=C(CCc1c[nH]c2ccccc12)NN=Cc1ccc(N(CCCl)CCCl)cc1. The molecule has 0 aliphatic heterocycles. The molecular weight excluding hydrogens is 407 g/mol. The van der Waals surface area contributed by atoms with E-state index in [0.29, 0.717) is 24.6 Å². The van der Waals surface area contributed by atoms with E-state index < -0.39 is 0 Å². The second-order valence-corrected chi connectivity index (χ2v) is 7.37. The number of nitrogens with zero attached hydrogens (tertiary/aromatic N) is 2. The fraction of sp³-hybridized carbons (Fsp3) is 0.273. The van der Waals surface area contributed by atoms with E-state index in [-0.39, 0.29) is 5.91 Å². The van der Waals surface area contributed by atoms with Gasteiger partial charge in [0.1, 0.15) is 0 Å². The van der Waals surface area contributed by atoms with Crippen molar-refractivity contribution in [2.24, 2.45) is 5.10 Å². The van der Waals surface area contributed by atoms with E-state index >= 15 is 0 Å². The molecule has 0 spiro atoms. The van der Waals surface area contributed by atoms with Gasteiger partial charge in [-0.25, -0.2) is 5.43 Å². The summed E-state index contributed by atoms with van der Waals surface area (Å²) in [6.07, 6.45) is 4.64. The molecule has 3 rings (SSSR count). The molecule has 0 atom stereocenters. The molecule has 0 fully saturated rings. The maximum atomic E-state index is 12.1. The summed E-state index contributed by atoms with van der Waals surface area (Å²) in [7, 11) is 0. The van der Waals surface area contributed by atoms with Crippen molar-refractivity contribution in [1.29, 1.82) is 0 Å². The van der Waals surface area contributed by atoms with Gasteiger partial charge in [0.15, 0.2) is 0 Å². The number of halogens is 2. The smallest absolute Gasteiger partial charge is 0.240 e. The quantitative estimate of drug-likeness (QED) is 0.281. The van der Waals surface area contributed by atoms with Crippen molar-refractivity contribution in [3.63, 3.8) is 0 Å². The third-order valence-corrected chi connectivity index (χ3v) is 5.00. The number of nitrogens with one attached hydrogen (secondary N) is 2. The highest BCUT2D eigenvalue weighted by atomic mass is 35.5. The Bertz CT molecular complexity index is 947. The number of para-hydroxylation sites is 1. The molecule has 0 aliphatic carbocycles. The summed E-state index contributed by atoms with van der Waals surface area (Å²) in [6.45, 7) is 1.49. The molecule has 2 N–H and O–H groups in total. The first-order valence-corrected chi connectivity index (χ1v) is 10.6. The van der Waals surface area contributed by atoms with Crippen LogP contribution in [0.3, 0.4) is 0 Å². The fourth-order valence-corrected chi connectivity index (χ4v) is 3.57. The number of benzene rings is 2. The number of aromatic nitrogens is 1. The third kappa shape index (κ3) is 5.99. The van der Waals surface area contributed by atoms with Crippen LogP contribution in [0.1, 0.15) is 17.5 Å². The summed E-state index contributed by atoms with van der Waals surface area (Å²) in [5.41, 5.74) is 6.78. The van der Waals surface area contributed by atoms with Crippen LogP contribution < -0.4 is 10.3 Å². The number of carbonyl (C=O) groups excluding carboxylic acids is 1. The highest BCUT2D eigenvalue weighted by Crippen LogP contribution is 2.19. The second kappa shape index (κ2) is 10.9. The van der Waals surface area contributed by atoms with Crippen molar-refractivity contribution in [3.8, 4) is 0 Å². The number of amides is 1. The zero-order valence-electron chi connectivity index (χ0n) is 16.1. The number of aryl methyl sites for hydroxylation is 1. The van der Waals surface area contributed by atoms with Crippen molar-refractivity contribution in [2.45, 2.75) is 12.8 Å². The molecule has 2 aromatic carbocycles. The summed E-state index contributed by atoms with van der Waals surface area (Å²) in [4.78, 5) is 17.4. The Morgan fingerprint density at radius 1 is 1.07 bits per heavy atom. The number of aromatic amines is 1. The first-order valence-electron chi connectivity index (χ1n) is 9.55. The van der Waals surface area contributed by atoms with E-state index in [1.165, 1.54) is 0 Å². The van der Waals surface area contributed by atoms with Crippen LogP contribution in [-0.4, -0.2) is 42.0 Å². The summed E-state index contributed by atoms with van der Waals surface area (Å²) in [5, 5.41) is 5.22. The lowest BCUT2D eigenvalue weighted by Crippen LogP contribution is -2.27. The minimum Gasteiger partial charge on any atom is -0.369 e. The molecule has 0 radical (unpaired) electrons. The van der Waals surface area contributed by atoms with Gasteiger partial charge in [-0.05, 0) is 35.7 Å². The van der Waals surface area contributed by atoms with Gasteiger partial charge < -0.3 is 9.88 Å². The first-order chi connectivity index (χ1) is 14.2. The number of rotatable bonds is 10. The molecule has 7 heteroatoms. The van der Waals surface area contributed by atoms with Gasteiger partial charge in [-0.3, -0.25) is 4.79 Å². The van der Waals surface area contributed by atoms with E-state index in [9.17, 15) is 4.79 Å². The minimum atomic E-state index is -0.112. The number of fused-ring (bicyclic) bond motifs is 1. The number of H-pyrrole nitrogens is 1. The largest absolute Gasteiger partial charge is 0.369 e. The van der Waals surface area contributed by atoms with Crippen LogP contribution in [0.4, 0.5) is 5.69 Å². The van der Waals surface area contributed by atoms with Crippen LogP contribution in [0.2, 0.25) is 0 Å². The average molecular weight is 431 g/mol. The topological polar surface area (TPSA) is 60.5 Å². The van der Waals surface area contributed by atoms with Gasteiger partial charge in [0.25, 0.3) is 0 Å². The molecule has 0 bridgehead atoms. The molecule has 0 saturated heterocycles. The Morgan fingerprint density at radius 2 is 1.79 bits per heavy atom. The van der Waals surface area contributed by atoms with E-state index in [2.05, 4.69) is 26.5 Å². The molecular formula is C22H24Cl2N4O. The Morgan fingerprint density at radius 3 is 2.52 bits per heavy atom. The Balaban J connectivity index is 1.49. The van der Waals surface area contributed by atoms with E-state index in [1.54, 1.807) is 6.21 Å². The third-order valence-electron chi connectivity index (χ3n) is 4.67. The maximum Gasteiger partial charge on any atom is 0.240 e. The molecule has 1 heterocycles. The molecule has 0 unspecified atom stereocenters. The summed E-state index contributed by atoms with van der Waals surface area (Å²) in [6, 6.07) is 16.0. The normalized spacial score (nSPS) is 11.2. The van der Waals surface area contributed by atoms with Crippen molar-refractivity contribution >= 4 is 51.9 Å². The number of alkyl halides is 2. The molecule has 152 valence electrons. The Labute approximate surface area is 180 Å². The zero-order valence-corrected chi connectivity index (χ0v) is 17.6. The zero-order chi connectivity index (χ0) is 20.5. The molecule has 0 saturated carbocycles. The van der Waals surface area contributed by atoms with Gasteiger partial charge in [-0.2, -0.15) is 5.10 Å². The molecule has 3 aromatic rings. The first kappa shape index (κ1) is 21.2. The summed E-state index contributed by atoms with van der Waals surface area (Å²) in [5.74, 6) is 0.980. The number of hydrogen-bond acceptors (Lipinski definition) is 3. The Hall–Kier alpha value is -2.50. The molecule has 29 heavy (non-hydrogen) atoms. The van der Waals surface area contributed by atoms with Crippen LogP contribution in [0.15, 0.2) is 59.8 Å². The van der Waals surface area contributed by atoms with Crippen LogP contribution in [0.25, 0.3) is 10.9 Å². The van der Waals surface area contributed by atoms with E-state index in [1.807, 2.05) is 48.7 Å². The average Bonchev–Trinajstić information content (AvgIpc) is 3.16. The maximum absolute atomic E-state index is 12.1. The number of hydrogen-bond donors (Lipinski definition) is 2. The predicted octanol–water partition coefficient (Wildman–Crippen LogP) is 4.53. The van der Waals surface area contributed by atoms with Gasteiger partial charge >= 0.3 is 0 Å². The molecule has 5 nitrogen and oxygen atoms in total. The highest BCUT2D eigenvalue weighted by Gasteiger charge is 2.07. The van der Waals surface area contributed by atoms with Crippen LogP contribution in [0, 0.1) is 0 Å². The second-order valence-electron chi connectivity index (χ2n) is 6.61. The number of carbonyl (C=O) groups is 1. The standard InChI is InChI=1S/C22H24Cl2N4O/c23-11-13-28(14-12-24)19-8-5-17(6-9-19)15-26-27-22(29)10-7-18-16-25-21-4-2-1-3-20(18)21/h1-6,8-9,15-16,25H,7,10-14H2,(H,27,29). The summed E-state index contributed by atoms with van der Waals surface area (Å²) >= 11 is 11.7. The summed E-state index contributed by atoms with van der Waals surface area (Å²) < 4.78 is 0.